The predicted octanol–water partition coefficient (Wildman–Crippen LogP) is 1.50. The Kier molecular flexibility index (Phi) is 9.18. The van der Waals surface area contributed by atoms with E-state index in [1.807, 2.05) is 81.4 Å². The molecule has 178 valence electrons. The number of hydrogen-bond donors (Lipinski definition) is 3. The molecule has 0 fully saturated rings. The summed E-state index contributed by atoms with van der Waals surface area (Å²) >= 11 is 0. The van der Waals surface area contributed by atoms with E-state index in [0.29, 0.717) is 0 Å². The van der Waals surface area contributed by atoms with Gasteiger partial charge in [0.1, 0.15) is 6.10 Å². The normalized spacial score (nSPS) is 15.6. The van der Waals surface area contributed by atoms with Gasteiger partial charge in [0.2, 0.25) is 0 Å². The van der Waals surface area contributed by atoms with Crippen LogP contribution in [0.3, 0.4) is 0 Å². The summed E-state index contributed by atoms with van der Waals surface area (Å²) in [6, 6.07) is 17.7. The van der Waals surface area contributed by atoms with Crippen molar-refractivity contribution in [3.05, 3.63) is 71.1 Å². The van der Waals surface area contributed by atoms with E-state index in [-0.39, 0.29) is 0 Å². The number of carbonyl (C=O) groups excluding carboxylic acids is 1. The van der Waals surface area contributed by atoms with E-state index < -0.39 is 50.3 Å². The highest BCUT2D eigenvalue weighted by Gasteiger charge is 2.54. The van der Waals surface area contributed by atoms with Crippen molar-refractivity contribution >= 4 is 24.7 Å². The molecular formula is C23H31N3O6Si. The maximum Gasteiger partial charge on any atom is 0.337 e. The number of rotatable bonds is 10. The number of nitrogens with zero attached hydrogens (tertiary/aromatic N) is 3. The fraction of sp³-hybridized carbons (Fsp3) is 0.435. The predicted molar refractivity (Wildman–Crippen MR) is 127 cm³/mol. The van der Waals surface area contributed by atoms with Crippen molar-refractivity contribution in [2.75, 3.05) is 13.7 Å². The third kappa shape index (κ3) is 5.62. The zero-order chi connectivity index (χ0) is 24.6. The lowest BCUT2D eigenvalue weighted by Crippen LogP contribution is -2.70. The van der Waals surface area contributed by atoms with Gasteiger partial charge in [-0.05, 0) is 20.9 Å². The third-order valence-electron chi connectivity index (χ3n) is 5.60. The zero-order valence-electron chi connectivity index (χ0n) is 19.2. The van der Waals surface area contributed by atoms with Crippen LogP contribution in [0.25, 0.3) is 10.4 Å². The van der Waals surface area contributed by atoms with Crippen LogP contribution in [0.1, 0.15) is 20.8 Å². The summed E-state index contributed by atoms with van der Waals surface area (Å²) in [4.78, 5) is 14.8. The van der Waals surface area contributed by atoms with Crippen molar-refractivity contribution in [2.24, 2.45) is 5.11 Å². The summed E-state index contributed by atoms with van der Waals surface area (Å²) in [5, 5.41) is 36.2. The summed E-state index contributed by atoms with van der Waals surface area (Å²) < 4.78 is 11.3. The van der Waals surface area contributed by atoms with Crippen LogP contribution in [0.15, 0.2) is 65.8 Å². The van der Waals surface area contributed by atoms with E-state index in [2.05, 4.69) is 14.8 Å². The molecular weight excluding hydrogens is 442 g/mol. The number of aliphatic hydroxyl groups is 3. The average molecular weight is 474 g/mol. The highest BCUT2D eigenvalue weighted by atomic mass is 28.4. The van der Waals surface area contributed by atoms with Gasteiger partial charge in [-0.1, -0.05) is 86.5 Å². The van der Waals surface area contributed by atoms with E-state index in [4.69, 9.17) is 9.96 Å². The molecule has 9 nitrogen and oxygen atoms in total. The molecule has 0 amide bonds. The van der Waals surface area contributed by atoms with Crippen LogP contribution < -0.4 is 10.4 Å². The largest absolute Gasteiger partial charge is 0.467 e. The first-order valence-electron chi connectivity index (χ1n) is 10.5. The number of esters is 1. The van der Waals surface area contributed by atoms with Crippen molar-refractivity contribution in [1.82, 2.24) is 0 Å². The minimum Gasteiger partial charge on any atom is -0.467 e. The van der Waals surface area contributed by atoms with Gasteiger partial charge in [-0.15, -0.1) is 0 Å². The monoisotopic (exact) mass is 473 g/mol. The molecule has 2 rings (SSSR count). The van der Waals surface area contributed by atoms with Gasteiger partial charge in [0.05, 0.1) is 25.9 Å². The highest BCUT2D eigenvalue weighted by molar-refractivity contribution is 6.99. The van der Waals surface area contributed by atoms with Crippen molar-refractivity contribution in [3.63, 3.8) is 0 Å². The van der Waals surface area contributed by atoms with Crippen LogP contribution in [0.2, 0.25) is 5.04 Å². The van der Waals surface area contributed by atoms with Crippen molar-refractivity contribution in [2.45, 2.75) is 50.2 Å². The molecule has 0 radical (unpaired) electrons. The van der Waals surface area contributed by atoms with Gasteiger partial charge < -0.3 is 24.5 Å². The smallest absolute Gasteiger partial charge is 0.337 e. The van der Waals surface area contributed by atoms with Gasteiger partial charge in [-0.2, -0.15) is 0 Å². The molecule has 10 heteroatoms. The van der Waals surface area contributed by atoms with Gasteiger partial charge in [0, 0.05) is 4.91 Å². The van der Waals surface area contributed by atoms with Gasteiger partial charge in [0.25, 0.3) is 8.32 Å². The molecule has 0 aliphatic heterocycles. The maximum atomic E-state index is 12.0. The Bertz CT molecular complexity index is 908. The maximum absolute atomic E-state index is 12.0. The zero-order valence-corrected chi connectivity index (χ0v) is 20.2. The molecule has 0 bridgehead atoms. The first kappa shape index (κ1) is 26.5. The summed E-state index contributed by atoms with van der Waals surface area (Å²) in [5.41, 5.74) is 9.05. The number of methoxy groups -OCH3 is 1. The van der Waals surface area contributed by atoms with E-state index in [1.54, 1.807) is 0 Å². The number of ether oxygens (including phenoxy) is 1. The Hall–Kier alpha value is -2.72. The Morgan fingerprint density at radius 3 is 1.91 bits per heavy atom. The lowest BCUT2D eigenvalue weighted by atomic mass is 10.0. The Morgan fingerprint density at radius 2 is 1.55 bits per heavy atom. The molecule has 0 aliphatic carbocycles. The topological polar surface area (TPSA) is 145 Å². The fourth-order valence-corrected chi connectivity index (χ4v) is 8.70. The molecule has 4 atom stereocenters. The second kappa shape index (κ2) is 11.4. The van der Waals surface area contributed by atoms with E-state index >= 15 is 0 Å². The van der Waals surface area contributed by atoms with Crippen LogP contribution in [0.4, 0.5) is 0 Å². The molecule has 0 aromatic heterocycles. The standard InChI is InChI=1S/C23H31N3O6Si/c1-23(2,3)33(16-11-7-5-8-12-16,17-13-9-6-10-14-17)32-21(18(15-27)25-26-24)19(28)20(29)22(30)31-4/h5-14,18-21,27-29H,15H2,1-4H3/t18-,19-,20+,21+/m1/s1. The van der Waals surface area contributed by atoms with Crippen LogP contribution in [0, 0.1) is 0 Å². The molecule has 2 aromatic carbocycles. The number of carbonyl (C=O) groups is 1. The molecule has 33 heavy (non-hydrogen) atoms. The third-order valence-corrected chi connectivity index (χ3v) is 10.6. The Morgan fingerprint density at radius 1 is 1.06 bits per heavy atom. The number of benzene rings is 2. The molecule has 0 heterocycles. The van der Waals surface area contributed by atoms with Crippen LogP contribution in [-0.4, -0.2) is 67.7 Å². The van der Waals surface area contributed by atoms with E-state index in [1.165, 1.54) is 0 Å². The van der Waals surface area contributed by atoms with Crippen LogP contribution in [0.5, 0.6) is 0 Å². The van der Waals surface area contributed by atoms with Gasteiger partial charge >= 0.3 is 5.97 Å². The SMILES string of the molecule is COC(=O)[C@@H](O)[C@@H](O)[C@@H](O[Si](c1ccccc1)(c1ccccc1)C(C)(C)C)[C@@H](CO)N=[N+]=[N-]. The quantitative estimate of drug-likeness (QED) is 0.157. The molecule has 2 aromatic rings. The van der Waals surface area contributed by atoms with Gasteiger partial charge in [0.15, 0.2) is 6.10 Å². The van der Waals surface area contributed by atoms with Crippen LogP contribution in [-0.2, 0) is 14.0 Å². The average Bonchev–Trinajstić information content (AvgIpc) is 2.82. The fourth-order valence-electron chi connectivity index (χ4n) is 3.98. The van der Waals surface area contributed by atoms with Gasteiger partial charge in [-0.3, -0.25) is 0 Å². The van der Waals surface area contributed by atoms with E-state index in [0.717, 1.165) is 17.5 Å². The lowest BCUT2D eigenvalue weighted by molar-refractivity contribution is -0.161. The minimum atomic E-state index is -3.29. The number of azide groups is 1. The molecule has 0 saturated carbocycles. The Labute approximate surface area is 194 Å². The lowest BCUT2D eigenvalue weighted by Gasteiger charge is -2.47. The number of aliphatic hydroxyl groups excluding tert-OH is 3. The first-order valence-corrected chi connectivity index (χ1v) is 12.4. The van der Waals surface area contributed by atoms with Crippen molar-refractivity contribution in [3.8, 4) is 0 Å². The molecule has 0 unspecified atom stereocenters. The first-order chi connectivity index (χ1) is 15.6. The second-order valence-corrected chi connectivity index (χ2v) is 12.9. The highest BCUT2D eigenvalue weighted by Crippen LogP contribution is 2.38. The van der Waals surface area contributed by atoms with Crippen molar-refractivity contribution < 1.29 is 29.3 Å². The second-order valence-electron chi connectivity index (χ2n) is 8.66. The van der Waals surface area contributed by atoms with Crippen LogP contribution >= 0.6 is 0 Å². The molecule has 0 saturated heterocycles. The Balaban J connectivity index is 2.79. The number of hydrogen-bond acceptors (Lipinski definition) is 7. The van der Waals surface area contributed by atoms with Gasteiger partial charge in [-0.25, -0.2) is 4.79 Å². The molecule has 0 aliphatic rings. The summed E-state index contributed by atoms with van der Waals surface area (Å²) in [6.07, 6.45) is -5.21. The van der Waals surface area contributed by atoms with E-state index in [9.17, 15) is 20.1 Å². The molecule has 3 N–H and O–H groups in total. The minimum absolute atomic E-state index is 0.514. The summed E-state index contributed by atoms with van der Waals surface area (Å²) in [6.45, 7) is 5.33. The summed E-state index contributed by atoms with van der Waals surface area (Å²) in [5.74, 6) is -1.07. The molecule has 0 spiro atoms. The summed E-state index contributed by atoms with van der Waals surface area (Å²) in [7, 11) is -2.22. The van der Waals surface area contributed by atoms with Crippen molar-refractivity contribution in [1.29, 1.82) is 0 Å².